The van der Waals surface area contributed by atoms with Gasteiger partial charge in [0.2, 0.25) is 0 Å². The SMILES string of the molecule is CCCCC(CC)CN[C@@H](Cc1ccccc1)C(=O)NNC(=O)c1ccc(C(=O)NNC(=O)[C@H](Cc2ccccc2)NCC(CC)CCCC)o1. The highest BCUT2D eigenvalue weighted by Crippen LogP contribution is 2.14. The van der Waals surface area contributed by atoms with Gasteiger partial charge in [-0.15, -0.1) is 0 Å². The van der Waals surface area contributed by atoms with Crippen LogP contribution in [0.15, 0.2) is 77.2 Å². The van der Waals surface area contributed by atoms with Crippen molar-refractivity contribution in [3.63, 3.8) is 0 Å². The van der Waals surface area contributed by atoms with Gasteiger partial charge in [0, 0.05) is 0 Å². The number of unbranched alkanes of at least 4 members (excludes halogenated alkanes) is 2. The predicted molar refractivity (Wildman–Crippen MR) is 200 cm³/mol. The molecular formula is C40H58N6O5. The van der Waals surface area contributed by atoms with Crippen LogP contribution in [0.2, 0.25) is 0 Å². The molecular weight excluding hydrogens is 644 g/mol. The summed E-state index contributed by atoms with van der Waals surface area (Å²) in [7, 11) is 0. The lowest BCUT2D eigenvalue weighted by atomic mass is 9.98. The average Bonchev–Trinajstić information content (AvgIpc) is 3.66. The third-order valence-corrected chi connectivity index (χ3v) is 9.24. The Kier molecular flexibility index (Phi) is 18.5. The lowest BCUT2D eigenvalue weighted by molar-refractivity contribution is -0.124. The first-order valence-corrected chi connectivity index (χ1v) is 18.6. The van der Waals surface area contributed by atoms with Crippen molar-refractivity contribution in [1.29, 1.82) is 0 Å². The van der Waals surface area contributed by atoms with Gasteiger partial charge in [-0.05, 0) is 73.9 Å². The number of hydrogen-bond donors (Lipinski definition) is 6. The van der Waals surface area contributed by atoms with E-state index in [1.54, 1.807) is 0 Å². The molecule has 1 heterocycles. The molecule has 0 spiro atoms. The molecule has 0 bridgehead atoms. The molecule has 3 aromatic rings. The van der Waals surface area contributed by atoms with Gasteiger partial charge in [0.1, 0.15) is 0 Å². The molecule has 0 fully saturated rings. The maximum atomic E-state index is 13.3. The summed E-state index contributed by atoms with van der Waals surface area (Å²) in [6.45, 7) is 10.0. The number of amides is 4. The van der Waals surface area contributed by atoms with Crippen molar-refractivity contribution in [3.05, 3.63) is 95.4 Å². The minimum Gasteiger partial charge on any atom is -0.446 e. The topological polar surface area (TPSA) is 154 Å². The van der Waals surface area contributed by atoms with Gasteiger partial charge in [-0.25, -0.2) is 0 Å². The van der Waals surface area contributed by atoms with Crippen LogP contribution in [-0.4, -0.2) is 48.8 Å². The van der Waals surface area contributed by atoms with Crippen molar-refractivity contribution in [2.45, 2.75) is 104 Å². The number of benzene rings is 2. The molecule has 0 aliphatic rings. The zero-order chi connectivity index (χ0) is 36.8. The number of hydrogen-bond acceptors (Lipinski definition) is 7. The van der Waals surface area contributed by atoms with E-state index in [0.29, 0.717) is 37.8 Å². The lowest BCUT2D eigenvalue weighted by Crippen LogP contribution is -2.52. The van der Waals surface area contributed by atoms with E-state index >= 15 is 0 Å². The molecule has 11 nitrogen and oxygen atoms in total. The number of carbonyl (C=O) groups is 4. The van der Waals surface area contributed by atoms with E-state index in [9.17, 15) is 19.2 Å². The first-order chi connectivity index (χ1) is 24.8. The van der Waals surface area contributed by atoms with E-state index in [1.807, 2.05) is 60.7 Å². The number of nitrogens with one attached hydrogen (secondary N) is 6. The average molecular weight is 703 g/mol. The second-order valence-electron chi connectivity index (χ2n) is 13.2. The highest BCUT2D eigenvalue weighted by Gasteiger charge is 2.24. The van der Waals surface area contributed by atoms with Crippen LogP contribution in [-0.2, 0) is 22.4 Å². The molecule has 0 saturated heterocycles. The monoisotopic (exact) mass is 702 g/mol. The Morgan fingerprint density at radius 2 is 0.941 bits per heavy atom. The zero-order valence-electron chi connectivity index (χ0n) is 30.8. The van der Waals surface area contributed by atoms with Crippen LogP contribution in [0.4, 0.5) is 0 Å². The molecule has 278 valence electrons. The van der Waals surface area contributed by atoms with Gasteiger partial charge in [0.05, 0.1) is 12.1 Å². The van der Waals surface area contributed by atoms with Gasteiger partial charge >= 0.3 is 11.8 Å². The predicted octanol–water partition coefficient (Wildman–Crippen LogP) is 5.64. The number of furan rings is 1. The number of rotatable bonds is 22. The van der Waals surface area contributed by atoms with E-state index in [1.165, 1.54) is 12.1 Å². The zero-order valence-corrected chi connectivity index (χ0v) is 30.8. The largest absolute Gasteiger partial charge is 0.446 e. The van der Waals surface area contributed by atoms with E-state index in [2.05, 4.69) is 60.0 Å². The minimum absolute atomic E-state index is 0.175. The van der Waals surface area contributed by atoms with E-state index in [0.717, 1.165) is 62.5 Å². The smallest absolute Gasteiger partial charge is 0.305 e. The maximum absolute atomic E-state index is 13.3. The van der Waals surface area contributed by atoms with E-state index < -0.39 is 23.9 Å². The molecule has 2 unspecified atom stereocenters. The Morgan fingerprint density at radius 1 is 0.549 bits per heavy atom. The second-order valence-corrected chi connectivity index (χ2v) is 13.2. The molecule has 1 aromatic heterocycles. The van der Waals surface area contributed by atoms with Crippen LogP contribution in [0.25, 0.3) is 0 Å². The third kappa shape index (κ3) is 14.7. The van der Waals surface area contributed by atoms with Gasteiger partial charge in [-0.3, -0.25) is 40.9 Å². The normalized spacial score (nSPS) is 13.4. The maximum Gasteiger partial charge on any atom is 0.305 e. The lowest BCUT2D eigenvalue weighted by Gasteiger charge is -2.22. The molecule has 0 aliphatic carbocycles. The fraction of sp³-hybridized carbons (Fsp3) is 0.500. The Bertz CT molecular complexity index is 1360. The quantitative estimate of drug-likeness (QED) is 0.0742. The van der Waals surface area contributed by atoms with Gasteiger partial charge < -0.3 is 15.1 Å². The third-order valence-electron chi connectivity index (χ3n) is 9.24. The van der Waals surface area contributed by atoms with Crippen molar-refractivity contribution >= 4 is 23.6 Å². The summed E-state index contributed by atoms with van der Waals surface area (Å²) in [5.41, 5.74) is 11.8. The van der Waals surface area contributed by atoms with Crippen LogP contribution in [0, 0.1) is 11.8 Å². The fourth-order valence-corrected chi connectivity index (χ4v) is 5.84. The van der Waals surface area contributed by atoms with Crippen LogP contribution in [0.5, 0.6) is 0 Å². The van der Waals surface area contributed by atoms with E-state index in [4.69, 9.17) is 4.42 Å². The first kappa shape index (κ1) is 40.9. The van der Waals surface area contributed by atoms with Crippen LogP contribution in [0.1, 0.15) is 111 Å². The van der Waals surface area contributed by atoms with E-state index in [-0.39, 0.29) is 23.3 Å². The van der Waals surface area contributed by atoms with Crippen molar-refractivity contribution in [3.8, 4) is 0 Å². The molecule has 3 rings (SSSR count). The second kappa shape index (κ2) is 23.1. The summed E-state index contributed by atoms with van der Waals surface area (Å²) in [5, 5.41) is 6.80. The van der Waals surface area contributed by atoms with Crippen molar-refractivity contribution in [2.75, 3.05) is 13.1 Å². The first-order valence-electron chi connectivity index (χ1n) is 18.6. The van der Waals surface area contributed by atoms with Gasteiger partial charge in [-0.2, -0.15) is 0 Å². The number of carbonyl (C=O) groups excluding carboxylic acids is 4. The molecule has 4 atom stereocenters. The minimum atomic E-state index is -0.722. The summed E-state index contributed by atoms with van der Waals surface area (Å²) in [6.07, 6.45) is 9.57. The van der Waals surface area contributed by atoms with Crippen molar-refractivity contribution < 1.29 is 23.6 Å². The summed E-state index contributed by atoms with van der Waals surface area (Å²) in [5.74, 6) is -1.69. The standard InChI is InChI=1S/C40H58N6O5/c1-5-9-17-29(7-3)27-41-33(25-31-19-13-11-14-20-31)37(47)43-45-39(49)35-23-24-36(51-35)40(50)46-44-38(48)34(26-32-21-15-12-16-22-32)42-28-30(8-4)18-10-6-2/h11-16,19-24,29-30,33-34,41-42H,5-10,17-18,25-28H2,1-4H3,(H,43,47)(H,44,48)(H,45,49)(H,46,50)/t29?,30?,33-,34-/m0/s1. The summed E-state index contributed by atoms with van der Waals surface area (Å²) in [6, 6.07) is 20.9. The fourth-order valence-electron chi connectivity index (χ4n) is 5.84. The molecule has 11 heteroatoms. The highest BCUT2D eigenvalue weighted by atomic mass is 16.4. The van der Waals surface area contributed by atoms with Crippen LogP contribution in [0.3, 0.4) is 0 Å². The molecule has 51 heavy (non-hydrogen) atoms. The van der Waals surface area contributed by atoms with Gasteiger partial charge in [0.15, 0.2) is 11.5 Å². The number of hydrazine groups is 2. The molecule has 2 aromatic carbocycles. The summed E-state index contributed by atoms with van der Waals surface area (Å²) in [4.78, 5) is 52.3. The summed E-state index contributed by atoms with van der Waals surface area (Å²) < 4.78 is 5.49. The Labute approximate surface area is 303 Å². The van der Waals surface area contributed by atoms with Crippen LogP contribution >= 0.6 is 0 Å². The Morgan fingerprint density at radius 3 is 1.29 bits per heavy atom. The van der Waals surface area contributed by atoms with Gasteiger partial charge in [-0.1, -0.05) is 127 Å². The van der Waals surface area contributed by atoms with Crippen LogP contribution < -0.4 is 32.3 Å². The van der Waals surface area contributed by atoms with Crippen molar-refractivity contribution in [2.24, 2.45) is 11.8 Å². The molecule has 6 N–H and O–H groups in total. The Hall–Kier alpha value is -4.48. The Balaban J connectivity index is 1.56. The molecule has 4 amide bonds. The summed E-state index contributed by atoms with van der Waals surface area (Å²) >= 11 is 0. The molecule has 0 aliphatic heterocycles. The highest BCUT2D eigenvalue weighted by molar-refractivity contribution is 5.97. The van der Waals surface area contributed by atoms with Gasteiger partial charge in [0.25, 0.3) is 11.8 Å². The molecule has 0 radical (unpaired) electrons. The molecule has 0 saturated carbocycles. The van der Waals surface area contributed by atoms with Crippen molar-refractivity contribution in [1.82, 2.24) is 32.3 Å².